The number of ether oxygens (including phenoxy) is 1. The van der Waals surface area contributed by atoms with Crippen molar-refractivity contribution < 1.29 is 4.74 Å². The highest BCUT2D eigenvalue weighted by Gasteiger charge is 2.10. The summed E-state index contributed by atoms with van der Waals surface area (Å²) in [6.45, 7) is 2.03. The van der Waals surface area contributed by atoms with Crippen molar-refractivity contribution in [2.75, 3.05) is 0 Å². The SMILES string of the molecule is C/C=C/c1ccccc1O[C@@H]1C=CCCCC1. The molecule has 90 valence electrons. The van der Waals surface area contributed by atoms with Gasteiger partial charge in [-0.1, -0.05) is 36.4 Å². The summed E-state index contributed by atoms with van der Waals surface area (Å²) in [4.78, 5) is 0. The second-order valence-electron chi connectivity index (χ2n) is 4.41. The van der Waals surface area contributed by atoms with Gasteiger partial charge >= 0.3 is 0 Å². The number of benzene rings is 1. The van der Waals surface area contributed by atoms with E-state index in [0.717, 1.165) is 17.7 Å². The predicted octanol–water partition coefficient (Wildman–Crippen LogP) is 4.60. The first-order chi connectivity index (χ1) is 8.40. The third kappa shape index (κ3) is 3.48. The summed E-state index contributed by atoms with van der Waals surface area (Å²) < 4.78 is 6.08. The van der Waals surface area contributed by atoms with Crippen LogP contribution in [0.5, 0.6) is 5.75 Å². The number of hydrogen-bond donors (Lipinski definition) is 0. The Labute approximate surface area is 104 Å². The first-order valence-corrected chi connectivity index (χ1v) is 6.45. The molecule has 0 fully saturated rings. The average molecular weight is 228 g/mol. The van der Waals surface area contributed by atoms with Crippen molar-refractivity contribution in [3.8, 4) is 5.75 Å². The number of hydrogen-bond acceptors (Lipinski definition) is 1. The number of allylic oxidation sites excluding steroid dienone is 2. The smallest absolute Gasteiger partial charge is 0.127 e. The molecule has 1 aromatic carbocycles. The molecule has 1 aromatic rings. The van der Waals surface area contributed by atoms with E-state index in [0.29, 0.717) is 0 Å². The molecule has 0 spiro atoms. The van der Waals surface area contributed by atoms with Crippen molar-refractivity contribution in [3.05, 3.63) is 48.1 Å². The van der Waals surface area contributed by atoms with Gasteiger partial charge in [-0.05, 0) is 44.7 Å². The summed E-state index contributed by atoms with van der Waals surface area (Å²) >= 11 is 0. The van der Waals surface area contributed by atoms with E-state index < -0.39 is 0 Å². The minimum Gasteiger partial charge on any atom is -0.486 e. The lowest BCUT2D eigenvalue weighted by atomic mass is 10.1. The Kier molecular flexibility index (Phi) is 4.43. The summed E-state index contributed by atoms with van der Waals surface area (Å²) in [5.74, 6) is 0.988. The Morgan fingerprint density at radius 1 is 1.24 bits per heavy atom. The molecule has 0 amide bonds. The van der Waals surface area contributed by atoms with Crippen LogP contribution in [0.4, 0.5) is 0 Å². The molecular weight excluding hydrogens is 208 g/mol. The lowest BCUT2D eigenvalue weighted by Crippen LogP contribution is -2.13. The molecule has 1 aliphatic rings. The third-order valence-corrected chi connectivity index (χ3v) is 3.00. The van der Waals surface area contributed by atoms with Crippen LogP contribution in [0.1, 0.15) is 38.2 Å². The van der Waals surface area contributed by atoms with Gasteiger partial charge in [0.25, 0.3) is 0 Å². The molecule has 0 saturated carbocycles. The highest BCUT2D eigenvalue weighted by atomic mass is 16.5. The molecule has 0 bridgehead atoms. The maximum absolute atomic E-state index is 6.08. The molecule has 0 aliphatic heterocycles. The summed E-state index contributed by atoms with van der Waals surface area (Å²) in [5, 5.41) is 0. The van der Waals surface area contributed by atoms with Crippen molar-refractivity contribution in [2.45, 2.75) is 38.7 Å². The van der Waals surface area contributed by atoms with Gasteiger partial charge in [-0.15, -0.1) is 0 Å². The Bertz CT molecular complexity index is 404. The van der Waals surface area contributed by atoms with Gasteiger partial charge in [0.15, 0.2) is 0 Å². The topological polar surface area (TPSA) is 9.23 Å². The second-order valence-corrected chi connectivity index (χ2v) is 4.41. The van der Waals surface area contributed by atoms with E-state index in [1.165, 1.54) is 19.3 Å². The van der Waals surface area contributed by atoms with Gasteiger partial charge in [-0.3, -0.25) is 0 Å². The van der Waals surface area contributed by atoms with Crippen molar-refractivity contribution >= 4 is 6.08 Å². The summed E-state index contributed by atoms with van der Waals surface area (Å²) in [7, 11) is 0. The molecule has 0 radical (unpaired) electrons. The molecule has 0 aromatic heterocycles. The monoisotopic (exact) mass is 228 g/mol. The van der Waals surface area contributed by atoms with E-state index in [1.54, 1.807) is 0 Å². The minimum atomic E-state index is 0.240. The van der Waals surface area contributed by atoms with Crippen LogP contribution in [0, 0.1) is 0 Å². The summed E-state index contributed by atoms with van der Waals surface area (Å²) in [6.07, 6.45) is 13.7. The summed E-state index contributed by atoms with van der Waals surface area (Å²) in [5.41, 5.74) is 1.16. The molecule has 2 rings (SSSR count). The molecule has 0 N–H and O–H groups in total. The Morgan fingerprint density at radius 2 is 2.12 bits per heavy atom. The Morgan fingerprint density at radius 3 is 3.00 bits per heavy atom. The van der Waals surface area contributed by atoms with Gasteiger partial charge in [0, 0.05) is 5.56 Å². The van der Waals surface area contributed by atoms with E-state index in [9.17, 15) is 0 Å². The molecule has 0 heterocycles. The molecule has 0 unspecified atom stereocenters. The van der Waals surface area contributed by atoms with E-state index in [1.807, 2.05) is 31.2 Å². The fraction of sp³-hybridized carbons (Fsp3) is 0.375. The van der Waals surface area contributed by atoms with Crippen LogP contribution >= 0.6 is 0 Å². The molecule has 1 heteroatoms. The number of rotatable bonds is 3. The van der Waals surface area contributed by atoms with Crippen molar-refractivity contribution in [3.63, 3.8) is 0 Å². The standard InChI is InChI=1S/C16H20O/c1-2-9-14-10-7-8-13-16(14)17-15-11-5-3-4-6-12-15/h2,5,7-11,13,15H,3-4,6,12H2,1H3/b9-2+/t15-/m1/s1. The third-order valence-electron chi connectivity index (χ3n) is 3.00. The fourth-order valence-corrected chi connectivity index (χ4v) is 2.12. The van der Waals surface area contributed by atoms with E-state index >= 15 is 0 Å². The molecule has 1 nitrogen and oxygen atoms in total. The highest BCUT2D eigenvalue weighted by molar-refractivity contribution is 5.56. The zero-order valence-corrected chi connectivity index (χ0v) is 10.4. The Hall–Kier alpha value is -1.50. The maximum atomic E-state index is 6.08. The lowest BCUT2D eigenvalue weighted by Gasteiger charge is -2.16. The van der Waals surface area contributed by atoms with Crippen molar-refractivity contribution in [1.82, 2.24) is 0 Å². The molecule has 1 atom stereocenters. The summed E-state index contributed by atoms with van der Waals surface area (Å²) in [6, 6.07) is 8.22. The van der Waals surface area contributed by atoms with Crippen LogP contribution in [-0.4, -0.2) is 6.10 Å². The van der Waals surface area contributed by atoms with Crippen molar-refractivity contribution in [1.29, 1.82) is 0 Å². The van der Waals surface area contributed by atoms with Crippen LogP contribution in [-0.2, 0) is 0 Å². The molecule has 0 saturated heterocycles. The Balaban J connectivity index is 2.11. The highest BCUT2D eigenvalue weighted by Crippen LogP contribution is 2.23. The van der Waals surface area contributed by atoms with Gasteiger partial charge in [0.1, 0.15) is 11.9 Å². The first kappa shape index (κ1) is 12.0. The lowest BCUT2D eigenvalue weighted by molar-refractivity contribution is 0.236. The number of para-hydroxylation sites is 1. The predicted molar refractivity (Wildman–Crippen MR) is 73.2 cm³/mol. The minimum absolute atomic E-state index is 0.240. The van der Waals surface area contributed by atoms with E-state index in [2.05, 4.69) is 24.3 Å². The van der Waals surface area contributed by atoms with Crippen LogP contribution < -0.4 is 4.74 Å². The molecule has 17 heavy (non-hydrogen) atoms. The zero-order valence-electron chi connectivity index (χ0n) is 10.4. The maximum Gasteiger partial charge on any atom is 0.127 e. The zero-order chi connectivity index (χ0) is 11.9. The van der Waals surface area contributed by atoms with E-state index in [-0.39, 0.29) is 6.10 Å². The normalized spacial score (nSPS) is 20.4. The molecular formula is C16H20O. The largest absolute Gasteiger partial charge is 0.486 e. The van der Waals surface area contributed by atoms with Crippen LogP contribution in [0.3, 0.4) is 0 Å². The van der Waals surface area contributed by atoms with Crippen LogP contribution in [0.2, 0.25) is 0 Å². The quantitative estimate of drug-likeness (QED) is 0.687. The van der Waals surface area contributed by atoms with Gasteiger partial charge in [0.2, 0.25) is 0 Å². The average Bonchev–Trinajstić information content (AvgIpc) is 2.61. The van der Waals surface area contributed by atoms with Crippen molar-refractivity contribution in [2.24, 2.45) is 0 Å². The van der Waals surface area contributed by atoms with Gasteiger partial charge in [0.05, 0.1) is 0 Å². The van der Waals surface area contributed by atoms with Crippen LogP contribution in [0.15, 0.2) is 42.5 Å². The molecule has 1 aliphatic carbocycles. The van der Waals surface area contributed by atoms with Gasteiger partial charge in [-0.25, -0.2) is 0 Å². The van der Waals surface area contributed by atoms with Gasteiger partial charge < -0.3 is 4.74 Å². The first-order valence-electron chi connectivity index (χ1n) is 6.45. The van der Waals surface area contributed by atoms with Crippen LogP contribution in [0.25, 0.3) is 6.08 Å². The second kappa shape index (κ2) is 6.29. The van der Waals surface area contributed by atoms with E-state index in [4.69, 9.17) is 4.74 Å². The fourth-order valence-electron chi connectivity index (χ4n) is 2.12. The van der Waals surface area contributed by atoms with Gasteiger partial charge in [-0.2, -0.15) is 0 Å².